The van der Waals surface area contributed by atoms with Gasteiger partial charge in [-0.05, 0) is 37.2 Å². The second-order valence-electron chi connectivity index (χ2n) is 7.03. The van der Waals surface area contributed by atoms with Gasteiger partial charge in [-0.3, -0.25) is 14.3 Å². The van der Waals surface area contributed by atoms with Gasteiger partial charge in [-0.1, -0.05) is 12.1 Å². The third kappa shape index (κ3) is 3.42. The molecular formula is C18H21FN4O3S. The first kappa shape index (κ1) is 18.3. The van der Waals surface area contributed by atoms with Gasteiger partial charge < -0.3 is 9.84 Å². The Bertz CT molecular complexity index is 924. The van der Waals surface area contributed by atoms with Crippen LogP contribution in [0.4, 0.5) is 4.39 Å². The minimum atomic E-state index is -0.611. The molecule has 1 aromatic carbocycles. The molecule has 1 N–H and O–H groups in total. The van der Waals surface area contributed by atoms with E-state index in [9.17, 15) is 14.3 Å². The number of methoxy groups -OCH3 is 1. The summed E-state index contributed by atoms with van der Waals surface area (Å²) < 4.78 is 23.2. The zero-order chi connectivity index (χ0) is 19.1. The summed E-state index contributed by atoms with van der Waals surface area (Å²) in [5.41, 5.74) is 0.403. The third-order valence-electron chi connectivity index (χ3n) is 5.07. The maximum Gasteiger partial charge on any atom is 0.323 e. The smallest absolute Gasteiger partial charge is 0.323 e. The van der Waals surface area contributed by atoms with Crippen LogP contribution in [0.1, 0.15) is 25.3 Å². The summed E-state index contributed by atoms with van der Waals surface area (Å²) in [6.07, 6.45) is 1.66. The van der Waals surface area contributed by atoms with Gasteiger partial charge in [0, 0.05) is 19.0 Å². The molecule has 0 bridgehead atoms. The van der Waals surface area contributed by atoms with Gasteiger partial charge in [0.25, 0.3) is 0 Å². The minimum absolute atomic E-state index is 0.224. The average Bonchev–Trinajstić information content (AvgIpc) is 3.35. The second-order valence-corrected chi connectivity index (χ2v) is 7.39. The third-order valence-corrected chi connectivity index (χ3v) is 5.47. The molecule has 2 aliphatic rings. The lowest BCUT2D eigenvalue weighted by molar-refractivity contribution is -0.146. The molecular weight excluding hydrogens is 371 g/mol. The SMILES string of the molecule is COC(=O)[C@@H]1C[C@@H](O)CN1Cn1nc(-c2ccccc2F)n(C2CC2)c1=S. The molecule has 2 aromatic rings. The molecule has 4 rings (SSSR count). The number of β-amino-alcohol motifs (C(OH)–C–C–N with tert-alkyl or cyclic N) is 1. The number of carbonyl (C=O) groups excluding carboxylic acids is 1. The lowest BCUT2D eigenvalue weighted by Crippen LogP contribution is -2.38. The van der Waals surface area contributed by atoms with Crippen molar-refractivity contribution < 1.29 is 19.0 Å². The summed E-state index contributed by atoms with van der Waals surface area (Å²) in [6.45, 7) is 0.559. The van der Waals surface area contributed by atoms with Crippen molar-refractivity contribution in [1.29, 1.82) is 0 Å². The summed E-state index contributed by atoms with van der Waals surface area (Å²) in [4.78, 5) is 13.8. The largest absolute Gasteiger partial charge is 0.468 e. The Labute approximate surface area is 161 Å². The van der Waals surface area contributed by atoms with Crippen molar-refractivity contribution in [3.8, 4) is 11.4 Å². The highest BCUT2D eigenvalue weighted by atomic mass is 32.1. The van der Waals surface area contributed by atoms with Crippen molar-refractivity contribution in [2.24, 2.45) is 0 Å². The Kier molecular flexibility index (Phi) is 4.83. The molecule has 1 aliphatic carbocycles. The number of aliphatic hydroxyl groups is 1. The van der Waals surface area contributed by atoms with E-state index in [0.29, 0.717) is 29.1 Å². The highest BCUT2D eigenvalue weighted by Gasteiger charge is 2.38. The monoisotopic (exact) mass is 392 g/mol. The van der Waals surface area contributed by atoms with Gasteiger partial charge in [0.15, 0.2) is 10.6 Å². The highest BCUT2D eigenvalue weighted by Crippen LogP contribution is 2.39. The number of benzene rings is 1. The molecule has 0 radical (unpaired) electrons. The van der Waals surface area contributed by atoms with Gasteiger partial charge in [-0.2, -0.15) is 5.10 Å². The summed E-state index contributed by atoms with van der Waals surface area (Å²) >= 11 is 5.60. The van der Waals surface area contributed by atoms with Crippen molar-refractivity contribution in [3.05, 3.63) is 34.9 Å². The molecule has 27 heavy (non-hydrogen) atoms. The number of likely N-dealkylation sites (tertiary alicyclic amines) is 1. The topological polar surface area (TPSA) is 72.5 Å². The second kappa shape index (κ2) is 7.14. The number of aliphatic hydroxyl groups excluding tert-OH is 1. The van der Waals surface area contributed by atoms with E-state index in [1.165, 1.54) is 13.2 Å². The van der Waals surface area contributed by atoms with E-state index in [-0.39, 0.29) is 18.5 Å². The Hall–Kier alpha value is -2.10. The number of carbonyl (C=O) groups is 1. The lowest BCUT2D eigenvalue weighted by atomic mass is 10.2. The molecule has 0 amide bonds. The van der Waals surface area contributed by atoms with Gasteiger partial charge in [-0.25, -0.2) is 9.07 Å². The predicted molar refractivity (Wildman–Crippen MR) is 97.8 cm³/mol. The molecule has 1 saturated carbocycles. The van der Waals surface area contributed by atoms with Crippen molar-refractivity contribution in [1.82, 2.24) is 19.2 Å². The van der Waals surface area contributed by atoms with E-state index < -0.39 is 18.1 Å². The molecule has 144 valence electrons. The number of esters is 1. The zero-order valence-electron chi connectivity index (χ0n) is 14.9. The number of hydrogen-bond acceptors (Lipinski definition) is 6. The van der Waals surface area contributed by atoms with Crippen molar-refractivity contribution in [3.63, 3.8) is 0 Å². The van der Waals surface area contributed by atoms with Gasteiger partial charge in [0.1, 0.15) is 11.9 Å². The maximum atomic E-state index is 14.3. The van der Waals surface area contributed by atoms with Gasteiger partial charge >= 0.3 is 5.97 Å². The van der Waals surface area contributed by atoms with Crippen LogP contribution >= 0.6 is 12.2 Å². The molecule has 0 unspecified atom stereocenters. The Morgan fingerprint density at radius 2 is 2.15 bits per heavy atom. The van der Waals surface area contributed by atoms with Crippen LogP contribution in [0.3, 0.4) is 0 Å². The molecule has 1 aliphatic heterocycles. The van der Waals surface area contributed by atoms with Crippen LogP contribution in [0.2, 0.25) is 0 Å². The number of nitrogens with zero attached hydrogens (tertiary/aromatic N) is 4. The first-order valence-corrected chi connectivity index (χ1v) is 9.34. The first-order chi connectivity index (χ1) is 13.0. The summed E-state index contributed by atoms with van der Waals surface area (Å²) in [5.74, 6) is -0.250. The Balaban J connectivity index is 1.70. The van der Waals surface area contributed by atoms with E-state index in [1.807, 2.05) is 4.57 Å². The van der Waals surface area contributed by atoms with E-state index in [1.54, 1.807) is 27.8 Å². The molecule has 0 spiro atoms. The van der Waals surface area contributed by atoms with Crippen molar-refractivity contribution in [2.45, 2.75) is 44.1 Å². The molecule has 1 saturated heterocycles. The maximum absolute atomic E-state index is 14.3. The quantitative estimate of drug-likeness (QED) is 0.621. The van der Waals surface area contributed by atoms with E-state index >= 15 is 0 Å². The average molecular weight is 392 g/mol. The van der Waals surface area contributed by atoms with Crippen molar-refractivity contribution >= 4 is 18.2 Å². The highest BCUT2D eigenvalue weighted by molar-refractivity contribution is 7.71. The van der Waals surface area contributed by atoms with Crippen LogP contribution < -0.4 is 0 Å². The lowest BCUT2D eigenvalue weighted by Gasteiger charge is -2.21. The van der Waals surface area contributed by atoms with Crippen LogP contribution in [-0.4, -0.2) is 56.1 Å². The minimum Gasteiger partial charge on any atom is -0.468 e. The zero-order valence-corrected chi connectivity index (χ0v) is 15.7. The Morgan fingerprint density at radius 1 is 1.41 bits per heavy atom. The standard InChI is InChI=1S/C18H21FN4O3S/c1-26-17(25)15-8-12(24)9-21(15)10-22-18(27)23(11-6-7-11)16(20-22)13-4-2-3-5-14(13)19/h2-5,11-12,15,24H,6-10H2,1H3/t12-,15+/m1/s1. The first-order valence-electron chi connectivity index (χ1n) is 8.93. The fraction of sp³-hybridized carbons (Fsp3) is 0.500. The van der Waals surface area contributed by atoms with E-state index in [0.717, 1.165) is 12.8 Å². The number of ether oxygens (including phenoxy) is 1. The van der Waals surface area contributed by atoms with E-state index in [2.05, 4.69) is 5.10 Å². The fourth-order valence-corrected chi connectivity index (χ4v) is 3.92. The molecule has 7 nitrogen and oxygen atoms in total. The van der Waals surface area contributed by atoms with Crippen LogP contribution in [0, 0.1) is 10.6 Å². The Morgan fingerprint density at radius 3 is 2.81 bits per heavy atom. The number of hydrogen-bond donors (Lipinski definition) is 1. The van der Waals surface area contributed by atoms with Gasteiger partial charge in [0.2, 0.25) is 0 Å². The summed E-state index contributed by atoms with van der Waals surface area (Å²) in [7, 11) is 1.33. The van der Waals surface area contributed by atoms with E-state index in [4.69, 9.17) is 17.0 Å². The van der Waals surface area contributed by atoms with Crippen LogP contribution in [0.5, 0.6) is 0 Å². The van der Waals surface area contributed by atoms with Gasteiger partial charge in [-0.15, -0.1) is 0 Å². The van der Waals surface area contributed by atoms with Crippen LogP contribution in [0.25, 0.3) is 11.4 Å². The van der Waals surface area contributed by atoms with Gasteiger partial charge in [0.05, 0.1) is 25.4 Å². The molecule has 2 heterocycles. The molecule has 2 atom stereocenters. The fourth-order valence-electron chi connectivity index (χ4n) is 3.59. The van der Waals surface area contributed by atoms with Crippen LogP contribution in [0.15, 0.2) is 24.3 Å². The van der Waals surface area contributed by atoms with Crippen molar-refractivity contribution in [2.75, 3.05) is 13.7 Å². The summed E-state index contributed by atoms with van der Waals surface area (Å²) in [5, 5.41) is 14.5. The molecule has 1 aromatic heterocycles. The number of rotatable bonds is 5. The molecule has 9 heteroatoms. The normalized spacial score (nSPS) is 22.9. The predicted octanol–water partition coefficient (Wildman–Crippen LogP) is 2.12. The molecule has 2 fully saturated rings. The number of halogens is 1. The summed E-state index contributed by atoms with van der Waals surface area (Å²) in [6, 6.07) is 6.17. The van der Waals surface area contributed by atoms with Crippen LogP contribution in [-0.2, 0) is 16.2 Å². The number of aromatic nitrogens is 3.